The molecule has 1 aromatic carbocycles. The molecule has 0 atom stereocenters. The first-order valence-corrected chi connectivity index (χ1v) is 52.0. The van der Waals surface area contributed by atoms with Crippen molar-refractivity contribution >= 4 is 133 Å². The molecular weight excluding hydrogens is 1560 g/mol. The molecule has 1 rings (SSSR count). The highest BCUT2D eigenvalue weighted by molar-refractivity contribution is 8.00. The minimum Gasteiger partial charge on any atom is -0.264 e. The number of hydrogen-bond donors (Lipinski definition) is 6. The normalized spacial score (nSPS) is 12.8. The summed E-state index contributed by atoms with van der Waals surface area (Å²) >= 11 is 12.1. The minimum atomic E-state index is -4.44. The van der Waals surface area contributed by atoms with Gasteiger partial charge in [-0.1, -0.05) is 193 Å². The van der Waals surface area contributed by atoms with Crippen LogP contribution in [0.4, 0.5) is 0 Å². The zero-order valence-electron chi connectivity index (χ0n) is 60.4. The Morgan fingerprint density at radius 1 is 0.167 bits per heavy atom. The zero-order valence-corrected chi connectivity index (χ0v) is 70.2. The highest BCUT2D eigenvalue weighted by Crippen LogP contribution is 2.41. The Hall–Kier alpha value is 0.540. The second-order valence-electron chi connectivity index (χ2n) is 25.5. The summed E-state index contributed by atoms with van der Waals surface area (Å²) in [6.45, 7) is -0.186. The first-order valence-electron chi connectivity index (χ1n) is 36.9. The summed E-state index contributed by atoms with van der Waals surface area (Å²) in [5, 5.41) is 0. The van der Waals surface area contributed by atoms with Gasteiger partial charge in [-0.25, -0.2) is 25.1 Å². The van der Waals surface area contributed by atoms with Crippen molar-refractivity contribution in [1.82, 2.24) is 0 Å². The number of hydrogen-bond acceptors (Lipinski definition) is 24. The van der Waals surface area contributed by atoms with Crippen molar-refractivity contribution in [2.24, 2.45) is 0 Å². The highest BCUT2D eigenvalue weighted by Gasteiger charge is 2.25. The summed E-state index contributed by atoms with van der Waals surface area (Å²) in [6, 6.07) is 0. The lowest BCUT2D eigenvalue weighted by atomic mass is 9.90. The Kier molecular flexibility index (Phi) is 63.2. The van der Waals surface area contributed by atoms with Gasteiger partial charge in [0.05, 0.1) is 39.6 Å². The third kappa shape index (κ3) is 68.6. The van der Waals surface area contributed by atoms with Crippen LogP contribution < -0.4 is 0 Å². The Bertz CT molecular complexity index is 2410. The first-order chi connectivity index (χ1) is 48.6. The van der Waals surface area contributed by atoms with Gasteiger partial charge in [0, 0.05) is 34.5 Å². The molecule has 0 aromatic heterocycles. The summed E-state index contributed by atoms with van der Waals surface area (Å²) in [4.78, 5) is 0. The monoisotopic (exact) mass is 1690 g/mol. The SMILES string of the molecule is O=S(=O)(O)OCCCCCCCCCSCc1c(CSCCCCCCCCCOS(=O)(=O)O)c(CSCCCCCCCCCOS(=O)(=O)O)c(CSCCCCCCCCCOS(=O)(=O)O)c(CSCCCCCCCCCOS(=O)(=O)O)c1CSCCCCCCCCCOS(=O)(=O)O. The van der Waals surface area contributed by atoms with E-state index in [9.17, 15) is 50.5 Å². The number of benzene rings is 1. The predicted octanol–water partition coefficient (Wildman–Crippen LogP) is 18.4. The van der Waals surface area contributed by atoms with Gasteiger partial charge in [0.1, 0.15) is 0 Å². The summed E-state index contributed by atoms with van der Waals surface area (Å²) in [5.41, 5.74) is 8.90. The van der Waals surface area contributed by atoms with Gasteiger partial charge in [-0.15, -0.1) is 0 Å². The van der Waals surface area contributed by atoms with Gasteiger partial charge in [-0.3, -0.25) is 27.3 Å². The maximum Gasteiger partial charge on any atom is 0.397 e. The van der Waals surface area contributed by atoms with Crippen molar-refractivity contribution in [1.29, 1.82) is 0 Å². The molecule has 0 saturated heterocycles. The molecule has 0 saturated carbocycles. The molecule has 0 fully saturated rings. The van der Waals surface area contributed by atoms with Gasteiger partial charge in [-0.2, -0.15) is 121 Å². The fourth-order valence-electron chi connectivity index (χ4n) is 11.3. The van der Waals surface area contributed by atoms with E-state index in [1.807, 2.05) is 70.6 Å². The number of unbranched alkanes of at least 4 members (excludes halogenated alkanes) is 36. The first kappa shape index (κ1) is 101. The summed E-state index contributed by atoms with van der Waals surface area (Å²) in [6.07, 6.45) is 39.4. The van der Waals surface area contributed by atoms with Crippen LogP contribution in [0, 0.1) is 0 Å². The van der Waals surface area contributed by atoms with Gasteiger partial charge in [-0.05, 0) is 145 Å². The van der Waals surface area contributed by atoms with Crippen LogP contribution in [-0.4, -0.2) is 152 Å². The quantitative estimate of drug-likeness (QED) is 0.0260. The Balaban J connectivity index is 3.79. The van der Waals surface area contributed by atoms with E-state index in [0.717, 1.165) is 300 Å². The van der Waals surface area contributed by atoms with Crippen LogP contribution in [-0.2, 0) is 122 Å². The van der Waals surface area contributed by atoms with Gasteiger partial charge < -0.3 is 0 Å². The molecule has 0 bridgehead atoms. The second kappa shape index (κ2) is 64.1. The maximum atomic E-state index is 11.0. The lowest BCUT2D eigenvalue weighted by Gasteiger charge is -2.27. The van der Waals surface area contributed by atoms with E-state index < -0.39 is 62.4 Å². The van der Waals surface area contributed by atoms with Gasteiger partial charge in [0.25, 0.3) is 0 Å². The smallest absolute Gasteiger partial charge is 0.264 e. The third-order valence-electron chi connectivity index (χ3n) is 16.7. The average molecular weight is 1690 g/mol. The van der Waals surface area contributed by atoms with E-state index in [1.165, 1.54) is 33.4 Å². The van der Waals surface area contributed by atoms with Gasteiger partial charge in [0.15, 0.2) is 0 Å². The van der Waals surface area contributed by atoms with E-state index in [1.54, 1.807) is 0 Å². The predicted molar refractivity (Wildman–Crippen MR) is 422 cm³/mol. The molecule has 0 heterocycles. The molecule has 0 amide bonds. The van der Waals surface area contributed by atoms with Crippen LogP contribution in [0.15, 0.2) is 0 Å². The summed E-state index contributed by atoms with van der Waals surface area (Å²) in [7, 11) is -26.7. The minimum absolute atomic E-state index is 0.0310. The molecule has 6 N–H and O–H groups in total. The van der Waals surface area contributed by atoms with E-state index in [0.29, 0.717) is 38.5 Å². The van der Waals surface area contributed by atoms with E-state index in [2.05, 4.69) is 25.1 Å². The van der Waals surface area contributed by atoms with Crippen LogP contribution in [0.5, 0.6) is 0 Å². The van der Waals surface area contributed by atoms with Crippen molar-refractivity contribution < 1.29 is 103 Å². The topological polar surface area (TPSA) is 382 Å². The standard InChI is InChI=1S/C66H126O24S12/c67-97(68,69)85-43-31-19-7-1-13-25-37-49-91-55-61-62(56-92-50-38-26-14-2-8-20-32-44-86-98(70,71)72)64(58-94-52-40-28-16-4-10-22-34-46-88-100(76,77)78)66(60-96-54-42-30-18-6-12-24-36-48-90-102(82,83)84)65(59-95-53-41-29-17-5-11-23-35-47-89-101(79,80)81)63(61)57-93-51-39-27-15-3-9-21-33-45-87-99(73,74)75/h1-60H2,(H,67,68,69)(H,70,71,72)(H,73,74,75)(H,76,77,78)(H,79,80,81)(H,82,83,84). The average Bonchev–Trinajstić information content (AvgIpc) is 0.769. The summed E-state index contributed by atoms with van der Waals surface area (Å²) < 4.78 is 212. The molecule has 36 heteroatoms. The van der Waals surface area contributed by atoms with Crippen LogP contribution in [0.3, 0.4) is 0 Å². The number of rotatable bonds is 78. The molecule has 0 radical (unpaired) electrons. The van der Waals surface area contributed by atoms with E-state index >= 15 is 0 Å². The molecule has 0 spiro atoms. The molecule has 606 valence electrons. The molecule has 102 heavy (non-hydrogen) atoms. The Morgan fingerprint density at radius 3 is 0.373 bits per heavy atom. The molecular formula is C66H126O24S12. The van der Waals surface area contributed by atoms with E-state index in [4.69, 9.17) is 27.3 Å². The highest BCUT2D eigenvalue weighted by atomic mass is 32.3. The van der Waals surface area contributed by atoms with Crippen LogP contribution >= 0.6 is 70.6 Å². The van der Waals surface area contributed by atoms with Crippen LogP contribution in [0.2, 0.25) is 0 Å². The van der Waals surface area contributed by atoms with Crippen LogP contribution in [0.25, 0.3) is 0 Å². The third-order valence-corrected chi connectivity index (χ3v) is 25.9. The Morgan fingerprint density at radius 2 is 0.265 bits per heavy atom. The maximum absolute atomic E-state index is 11.0. The molecule has 1 aromatic rings. The molecule has 0 aliphatic heterocycles. The molecule has 0 aliphatic rings. The zero-order chi connectivity index (χ0) is 75.4. The van der Waals surface area contributed by atoms with Crippen molar-refractivity contribution in [2.75, 3.05) is 74.2 Å². The lowest BCUT2D eigenvalue weighted by molar-refractivity contribution is 0.260. The largest absolute Gasteiger partial charge is 0.397 e. The lowest BCUT2D eigenvalue weighted by Crippen LogP contribution is -2.13. The van der Waals surface area contributed by atoms with Crippen molar-refractivity contribution in [2.45, 2.75) is 304 Å². The van der Waals surface area contributed by atoms with Crippen molar-refractivity contribution in [3.63, 3.8) is 0 Å². The van der Waals surface area contributed by atoms with Crippen molar-refractivity contribution in [3.8, 4) is 0 Å². The molecule has 0 aliphatic carbocycles. The van der Waals surface area contributed by atoms with Crippen LogP contribution in [0.1, 0.15) is 303 Å². The van der Waals surface area contributed by atoms with E-state index in [-0.39, 0.29) is 39.6 Å². The summed E-state index contributed by atoms with van der Waals surface area (Å²) in [5.74, 6) is 11.4. The fourth-order valence-corrected chi connectivity index (χ4v) is 19.9. The second-order valence-corrected chi connectivity index (χ2v) is 38.7. The number of thioether (sulfide) groups is 6. The van der Waals surface area contributed by atoms with Gasteiger partial charge in [0.2, 0.25) is 0 Å². The molecule has 0 unspecified atom stereocenters. The fraction of sp³-hybridized carbons (Fsp3) is 0.909. The van der Waals surface area contributed by atoms with Gasteiger partial charge >= 0.3 is 62.4 Å². The Labute approximate surface area is 642 Å². The molecule has 24 nitrogen and oxygen atoms in total. The van der Waals surface area contributed by atoms with Crippen molar-refractivity contribution in [3.05, 3.63) is 33.4 Å².